The van der Waals surface area contributed by atoms with E-state index in [2.05, 4.69) is 62.8 Å². The van der Waals surface area contributed by atoms with Crippen LogP contribution in [0.4, 0.5) is 14.5 Å². The molecule has 2 bridgehead atoms. The summed E-state index contributed by atoms with van der Waals surface area (Å²) in [6.45, 7) is -0.359. The number of hydrogen-bond donors (Lipinski definition) is 15. The number of aromatic nitrogens is 3. The highest BCUT2D eigenvalue weighted by Crippen LogP contribution is 2.50. The van der Waals surface area contributed by atoms with Crippen LogP contribution in [0.15, 0.2) is 134 Å². The van der Waals surface area contributed by atoms with Gasteiger partial charge in [0.15, 0.2) is 0 Å². The molecule has 1 unspecified atom stereocenters. The van der Waals surface area contributed by atoms with Crippen molar-refractivity contribution in [2.45, 2.75) is 187 Å². The molecule has 0 spiro atoms. The molecule has 10 amide bonds. The monoisotopic (exact) mass is 1620 g/mol. The number of amides is 10. The van der Waals surface area contributed by atoms with Gasteiger partial charge in [-0.1, -0.05) is 105 Å². The zero-order valence-corrected chi connectivity index (χ0v) is 65.5. The summed E-state index contributed by atoms with van der Waals surface area (Å²) in [5.41, 5.74) is 15.9. The zero-order valence-electron chi connectivity index (χ0n) is 63.9. The minimum atomic E-state index is -2.06. The Hall–Kier alpha value is -10.9. The summed E-state index contributed by atoms with van der Waals surface area (Å²) in [6.07, 6.45) is 9.35. The van der Waals surface area contributed by atoms with Crippen molar-refractivity contribution in [1.82, 2.24) is 62.4 Å². The molecule has 2 fully saturated rings. The van der Waals surface area contributed by atoms with Crippen LogP contribution in [-0.4, -0.2) is 181 Å². The average molecular weight is 1620 g/mol. The van der Waals surface area contributed by atoms with Gasteiger partial charge in [0.05, 0.1) is 19.3 Å². The minimum Gasteiger partial charge on any atom is -0.508 e. The van der Waals surface area contributed by atoms with Gasteiger partial charge in [-0.05, 0) is 139 Å². The van der Waals surface area contributed by atoms with Crippen molar-refractivity contribution < 1.29 is 71.7 Å². The number of carbonyl (C=O) groups is 11. The Morgan fingerprint density at radius 3 is 2.00 bits per heavy atom. The van der Waals surface area contributed by atoms with Crippen molar-refractivity contribution in [3.05, 3.63) is 185 Å². The molecule has 612 valence electrons. The number of carboxylic acids is 1. The van der Waals surface area contributed by atoms with Gasteiger partial charge in [0.2, 0.25) is 59.1 Å². The molecular weight excluding hydrogens is 1520 g/mol. The average Bonchev–Trinajstić information content (AvgIpc) is 1.60. The number of aromatic hydroxyl groups is 1. The number of nitrogens with one attached hydrogen (secondary N) is 11. The fraction of sp³-hybridized carbons (Fsp3) is 0.446. The molecule has 7 aromatic rings. The normalized spacial score (nSPS) is 24.3. The van der Waals surface area contributed by atoms with Crippen molar-refractivity contribution in [3.8, 4) is 5.75 Å². The van der Waals surface area contributed by atoms with Gasteiger partial charge in [-0.3, -0.25) is 52.7 Å². The summed E-state index contributed by atoms with van der Waals surface area (Å²) in [6, 6.07) is 18.5. The Labute approximate surface area is 673 Å². The number of halogens is 2. The Morgan fingerprint density at radius 2 is 1.29 bits per heavy atom. The van der Waals surface area contributed by atoms with E-state index in [0.717, 1.165) is 55.2 Å². The maximum absolute atomic E-state index is 16.0. The van der Waals surface area contributed by atoms with Gasteiger partial charge in [-0.2, -0.15) is 23.5 Å². The van der Waals surface area contributed by atoms with E-state index < -0.39 is 149 Å². The first-order valence-electron chi connectivity index (χ1n) is 39.2. The number of anilines is 1. The summed E-state index contributed by atoms with van der Waals surface area (Å²) >= 11 is 2.80. The number of primary amides is 1. The maximum atomic E-state index is 16.0. The molecule has 0 radical (unpaired) electrons. The number of nitrogens with two attached hydrogens (primary N) is 2. The van der Waals surface area contributed by atoms with Crippen LogP contribution >= 0.6 is 23.5 Å². The molecule has 10 atom stereocenters. The number of fused-ring (bicyclic) bond motifs is 5. The molecule has 11 rings (SSSR count). The van der Waals surface area contributed by atoms with Crippen molar-refractivity contribution in [2.75, 3.05) is 43.0 Å². The lowest BCUT2D eigenvalue weighted by atomic mass is 9.64. The zero-order chi connectivity index (χ0) is 81.5. The number of nitrogens with zero attached hydrogens (tertiary/aromatic N) is 2. The molecule has 4 aliphatic rings. The Balaban J connectivity index is 0.973. The number of aromatic amines is 2. The van der Waals surface area contributed by atoms with E-state index in [1.165, 1.54) is 102 Å². The lowest BCUT2D eigenvalue weighted by molar-refractivity contribution is -0.143. The van der Waals surface area contributed by atoms with Crippen molar-refractivity contribution in [2.24, 2.45) is 17.4 Å². The molecule has 2 aromatic heterocycles. The molecule has 32 heteroatoms. The van der Waals surface area contributed by atoms with E-state index in [1.807, 2.05) is 54.6 Å². The van der Waals surface area contributed by atoms with E-state index in [9.17, 15) is 39.0 Å². The number of H-pyrrole nitrogens is 2. The second kappa shape index (κ2) is 40.9. The Bertz CT molecular complexity index is 4570. The minimum absolute atomic E-state index is 0.00796. The first-order valence-corrected chi connectivity index (χ1v) is 41.5. The van der Waals surface area contributed by atoms with Crippen LogP contribution in [0.1, 0.15) is 141 Å². The van der Waals surface area contributed by atoms with Crippen LogP contribution in [0, 0.1) is 17.6 Å². The molecule has 5 aromatic carbocycles. The number of benzene rings is 5. The fourth-order valence-corrected chi connectivity index (χ4v) is 17.9. The number of phenolic OH excluding ortho intramolecular Hbond substituents is 1. The van der Waals surface area contributed by atoms with Crippen LogP contribution in [-0.2, 0) is 88.9 Å². The first kappa shape index (κ1) is 85.0. The number of carbonyl (C=O) groups excluding carboxylic acids is 10. The Morgan fingerprint density at radius 1 is 0.626 bits per heavy atom. The predicted molar refractivity (Wildman–Crippen MR) is 431 cm³/mol. The number of imidazole rings is 1. The van der Waals surface area contributed by atoms with E-state index in [4.69, 9.17) is 11.5 Å². The number of rotatable bonds is 17. The number of thioether (sulfide) groups is 2. The van der Waals surface area contributed by atoms with Crippen molar-refractivity contribution in [3.63, 3.8) is 0 Å². The largest absolute Gasteiger partial charge is 0.508 e. The van der Waals surface area contributed by atoms with Crippen LogP contribution in [0.2, 0.25) is 0 Å². The van der Waals surface area contributed by atoms with Gasteiger partial charge in [0.1, 0.15) is 65.7 Å². The van der Waals surface area contributed by atoms with Crippen LogP contribution in [0.25, 0.3) is 10.9 Å². The molecule has 3 aliphatic heterocycles. The first-order chi connectivity index (χ1) is 55.5. The van der Waals surface area contributed by atoms with Gasteiger partial charge in [-0.25, -0.2) is 13.8 Å². The number of unbranched alkanes of at least 4 members (excludes halogenated alkanes) is 1. The number of hydrogen-bond acceptors (Lipinski definition) is 17. The number of carboxylic acid groups (broad SMARTS) is 1. The fourth-order valence-electron chi connectivity index (χ4n) is 16.0. The summed E-state index contributed by atoms with van der Waals surface area (Å²) in [7, 11) is 0. The molecule has 1 saturated carbocycles. The summed E-state index contributed by atoms with van der Waals surface area (Å²) in [5, 5.41) is 46.8. The quantitative estimate of drug-likeness (QED) is 0.0467. The van der Waals surface area contributed by atoms with Crippen LogP contribution in [0.3, 0.4) is 0 Å². The smallest absolute Gasteiger partial charge is 0.305 e. The van der Waals surface area contributed by atoms with Gasteiger partial charge in [-0.15, -0.1) is 0 Å². The number of aliphatic carboxylic acids is 1. The molecule has 28 nitrogen and oxygen atoms in total. The van der Waals surface area contributed by atoms with Gasteiger partial charge in [0, 0.05) is 108 Å². The second-order valence-corrected chi connectivity index (χ2v) is 32.3. The van der Waals surface area contributed by atoms with Gasteiger partial charge in [0.25, 0.3) is 0 Å². The van der Waals surface area contributed by atoms with Crippen LogP contribution in [0.5, 0.6) is 5.75 Å². The number of phenols is 1. The highest BCUT2D eigenvalue weighted by Gasteiger charge is 2.50. The van der Waals surface area contributed by atoms with Gasteiger partial charge >= 0.3 is 5.97 Å². The maximum Gasteiger partial charge on any atom is 0.305 e. The highest BCUT2D eigenvalue weighted by atomic mass is 32.2. The third-order valence-electron chi connectivity index (χ3n) is 22.0. The molecule has 1 saturated heterocycles. The van der Waals surface area contributed by atoms with Crippen molar-refractivity contribution >= 4 is 105 Å². The topological polar surface area (TPSA) is 436 Å². The van der Waals surface area contributed by atoms with E-state index in [1.54, 1.807) is 6.07 Å². The SMILES string of the molecule is NCCCC[C@@H]1NC(=O)CCSCc2cccc(c2)CSC[C@@H](C(N)=O)NC(=O)[C@@H]2C[C@@H](c3ccccc3)CN2C(=O)[C@H](Cc2ccc(O)cc2)NC(=O)[C@H](Cc2cnc[nH]2)NC(=O)[C@H](CC(=O)O)NC(=O)[C@H](CC2(C3CCCCCCCC3)CNc3ccc(F)cc32)NC(=O)[C@H](Cc2c[nH]c3ccc(F)cc23)NC(=O)CNC1=O. The molecular formula is C83H101F2N15O13S2. The highest BCUT2D eigenvalue weighted by molar-refractivity contribution is 7.98. The third-order valence-corrected chi connectivity index (χ3v) is 24.1. The summed E-state index contributed by atoms with van der Waals surface area (Å²) in [5.74, 6) is -11.1. The molecule has 115 heavy (non-hydrogen) atoms. The molecule has 1 aliphatic carbocycles. The summed E-state index contributed by atoms with van der Waals surface area (Å²) < 4.78 is 31.2. The lowest BCUT2D eigenvalue weighted by Gasteiger charge is -2.41. The van der Waals surface area contributed by atoms with E-state index in [-0.39, 0.29) is 81.1 Å². The predicted octanol–water partition coefficient (Wildman–Crippen LogP) is 5.96. The Kier molecular flexibility index (Phi) is 30.3. The third kappa shape index (κ3) is 23.4. The standard InChI is InChI=1S/C83H101F2N15O13S2/c84-56-22-26-62-60(35-56)53(40-89-62)33-65-77(108)98-69(39-83(55-17-8-3-1-2-4-9-18-55)47-91-63-27-23-57(85)36-61(63)83)80(111)96-67(38-74(104)105)79(110)95-66(37-58-41-88-48-92-58)78(109)97-68(32-49-20-24-59(101)25-21-49)82(113)100-43-54(52-15-6-5-7-16-52)34-71(100)81(112)99-70(75(87)106)46-115-45-51-14-12-13-50(31-51)44-114-30-28-72(102)93-64(19-10-11-29-86)76(107)90-42-73(103)94-65/h5-7,12-16,20-27,31,35-36,40-41,48,54-55,64-71,89,91,101H,1-4,8-11,17-19,28-30,32-34,37-39,42-47,86H2,(H2,87,106)(H,88,92)(H,90,107)(H,93,102)(H,94,103)(H,95,110)(H,96,111)(H,97,109)(H,98,108)(H,99,112)(H,104,105)/t54-,64+,65+,66+,67+,68+,69+,70+,71+,83?/m1/s1. The van der Waals surface area contributed by atoms with Gasteiger partial charge < -0.3 is 84.4 Å². The summed E-state index contributed by atoms with van der Waals surface area (Å²) in [4.78, 5) is 174. The van der Waals surface area contributed by atoms with Crippen LogP contribution < -0.4 is 59.3 Å². The molecule has 5 heterocycles. The second-order valence-electron chi connectivity index (χ2n) is 30.2. The van der Waals surface area contributed by atoms with E-state index in [0.29, 0.717) is 82.8 Å². The van der Waals surface area contributed by atoms with Crippen molar-refractivity contribution in [1.29, 1.82) is 0 Å². The lowest BCUT2D eigenvalue weighted by Crippen LogP contribution is -2.61. The van der Waals surface area contributed by atoms with E-state index >= 15 is 32.8 Å². The molecule has 17 N–H and O–H groups in total.